The number of aliphatic hydroxyl groups excluding tert-OH is 2. The molecule has 0 bridgehead atoms. The topological polar surface area (TPSA) is 146 Å². The Morgan fingerprint density at radius 1 is 0.457 bits per heavy atom. The monoisotopic (exact) mass is 670 g/mol. The van der Waals surface area contributed by atoms with Crippen LogP contribution in [0.2, 0.25) is 0 Å². The van der Waals surface area contributed by atoms with Crippen LogP contribution in [0.4, 0.5) is 0 Å². The van der Waals surface area contributed by atoms with Crippen LogP contribution in [0.1, 0.15) is 22.3 Å². The van der Waals surface area contributed by atoms with Crippen LogP contribution < -0.4 is 0 Å². The maximum absolute atomic E-state index is 12.7. The first-order valence-electron chi connectivity index (χ1n) is 14.6. The first-order chi connectivity index (χ1) is 22.1. The lowest BCUT2D eigenvalue weighted by Gasteiger charge is -2.33. The van der Waals surface area contributed by atoms with Crippen LogP contribution in [0.25, 0.3) is 0 Å². The van der Waals surface area contributed by atoms with E-state index in [0.717, 1.165) is 11.1 Å². The van der Waals surface area contributed by atoms with Crippen molar-refractivity contribution >= 4 is 20.2 Å². The molecule has 46 heavy (non-hydrogen) atoms. The van der Waals surface area contributed by atoms with Gasteiger partial charge in [-0.1, -0.05) is 121 Å². The van der Waals surface area contributed by atoms with Gasteiger partial charge in [0.05, 0.1) is 26.4 Å². The van der Waals surface area contributed by atoms with Crippen molar-refractivity contribution in [2.24, 2.45) is 0 Å². The SMILES string of the molecule is O=S(=O)(Cc1ccccc1)OC[C@@H](O)[C@@H](OCc1ccccc1)[C@H](OCc1ccccc1)[C@H](O)COS(=O)(=O)Cc1ccccc1. The van der Waals surface area contributed by atoms with Crippen LogP contribution in [0, 0.1) is 0 Å². The number of hydrogen-bond donors (Lipinski definition) is 2. The minimum atomic E-state index is -4.11. The molecule has 0 aromatic heterocycles. The molecule has 0 aliphatic carbocycles. The lowest BCUT2D eigenvalue weighted by atomic mass is 10.0. The van der Waals surface area contributed by atoms with Crippen LogP contribution in [0.15, 0.2) is 121 Å². The summed E-state index contributed by atoms with van der Waals surface area (Å²) in [5, 5.41) is 22.6. The second-order valence-electron chi connectivity index (χ2n) is 10.6. The van der Waals surface area contributed by atoms with E-state index in [0.29, 0.717) is 11.1 Å². The summed E-state index contributed by atoms with van der Waals surface area (Å²) >= 11 is 0. The van der Waals surface area contributed by atoms with E-state index < -0.39 is 69.4 Å². The second-order valence-corrected chi connectivity index (χ2v) is 13.9. The molecule has 2 N–H and O–H groups in total. The van der Waals surface area contributed by atoms with E-state index in [4.69, 9.17) is 17.8 Å². The molecule has 0 spiro atoms. The zero-order valence-electron chi connectivity index (χ0n) is 25.1. The number of hydrogen-bond acceptors (Lipinski definition) is 10. The third-order valence-electron chi connectivity index (χ3n) is 6.86. The highest BCUT2D eigenvalue weighted by molar-refractivity contribution is 7.86. The molecule has 0 unspecified atom stereocenters. The van der Waals surface area contributed by atoms with Gasteiger partial charge < -0.3 is 19.7 Å². The molecule has 12 heteroatoms. The van der Waals surface area contributed by atoms with Gasteiger partial charge in [0, 0.05) is 0 Å². The highest BCUT2D eigenvalue weighted by Crippen LogP contribution is 2.21. The average Bonchev–Trinajstić information content (AvgIpc) is 3.05. The van der Waals surface area contributed by atoms with Gasteiger partial charge in [0.15, 0.2) is 0 Å². The van der Waals surface area contributed by atoms with Gasteiger partial charge in [-0.2, -0.15) is 16.8 Å². The Labute approximate surface area is 270 Å². The van der Waals surface area contributed by atoms with Crippen molar-refractivity contribution in [2.75, 3.05) is 13.2 Å². The Balaban J connectivity index is 1.53. The van der Waals surface area contributed by atoms with Gasteiger partial charge in [0.25, 0.3) is 20.2 Å². The Morgan fingerprint density at radius 3 is 1.04 bits per heavy atom. The van der Waals surface area contributed by atoms with Gasteiger partial charge in [0.2, 0.25) is 0 Å². The van der Waals surface area contributed by atoms with E-state index in [-0.39, 0.29) is 13.2 Å². The molecule has 0 heterocycles. The minimum Gasteiger partial charge on any atom is -0.388 e. The lowest BCUT2D eigenvalue weighted by molar-refractivity contribution is -0.174. The van der Waals surface area contributed by atoms with E-state index in [9.17, 15) is 27.0 Å². The molecule has 0 saturated carbocycles. The van der Waals surface area contributed by atoms with Crippen LogP contribution in [0.5, 0.6) is 0 Å². The predicted molar refractivity (Wildman–Crippen MR) is 172 cm³/mol. The summed E-state index contributed by atoms with van der Waals surface area (Å²) in [7, 11) is -8.23. The third-order valence-corrected chi connectivity index (χ3v) is 9.23. The summed E-state index contributed by atoms with van der Waals surface area (Å²) in [5.41, 5.74) is 2.47. The van der Waals surface area contributed by atoms with Crippen molar-refractivity contribution in [2.45, 2.75) is 49.1 Å². The maximum Gasteiger partial charge on any atom is 0.271 e. The smallest absolute Gasteiger partial charge is 0.271 e. The average molecular weight is 671 g/mol. The zero-order valence-corrected chi connectivity index (χ0v) is 26.7. The van der Waals surface area contributed by atoms with Crippen molar-refractivity contribution in [3.05, 3.63) is 144 Å². The Hall–Kier alpha value is -3.46. The second kappa shape index (κ2) is 17.5. The molecule has 0 radical (unpaired) electrons. The lowest BCUT2D eigenvalue weighted by Crippen LogP contribution is -2.50. The van der Waals surface area contributed by atoms with Crippen LogP contribution in [-0.4, -0.2) is 64.7 Å². The van der Waals surface area contributed by atoms with E-state index in [1.165, 1.54) is 0 Å². The molecule has 0 fully saturated rings. The summed E-state index contributed by atoms with van der Waals surface area (Å²) in [6, 6.07) is 34.9. The largest absolute Gasteiger partial charge is 0.388 e. The van der Waals surface area contributed by atoms with Crippen molar-refractivity contribution in [1.82, 2.24) is 0 Å². The van der Waals surface area contributed by atoms with Crippen LogP contribution in [-0.2, 0) is 62.8 Å². The molecule has 0 amide bonds. The highest BCUT2D eigenvalue weighted by Gasteiger charge is 2.37. The predicted octanol–water partition coefficient (Wildman–Crippen LogP) is 3.97. The third kappa shape index (κ3) is 12.0. The fourth-order valence-electron chi connectivity index (χ4n) is 4.56. The molecule has 10 nitrogen and oxygen atoms in total. The van der Waals surface area contributed by atoms with Gasteiger partial charge in [0.1, 0.15) is 35.9 Å². The van der Waals surface area contributed by atoms with E-state index in [1.807, 2.05) is 12.1 Å². The summed E-state index contributed by atoms with van der Waals surface area (Å²) in [6.45, 7) is -1.49. The number of benzene rings is 4. The maximum atomic E-state index is 12.7. The number of rotatable bonds is 19. The first kappa shape index (κ1) is 35.4. The number of ether oxygens (including phenoxy) is 2. The van der Waals surface area contributed by atoms with Gasteiger partial charge in [-0.05, 0) is 22.3 Å². The molecule has 0 saturated heterocycles. The summed E-state index contributed by atoms with van der Waals surface area (Å²) in [6.07, 6.45) is -5.98. The number of aliphatic hydroxyl groups is 2. The minimum absolute atomic E-state index is 0.0373. The first-order valence-corrected chi connectivity index (χ1v) is 17.7. The van der Waals surface area contributed by atoms with Gasteiger partial charge in [-0.3, -0.25) is 8.37 Å². The molecule has 4 aromatic carbocycles. The summed E-state index contributed by atoms with van der Waals surface area (Å²) < 4.78 is 73.4. The quantitative estimate of drug-likeness (QED) is 0.141. The highest BCUT2D eigenvalue weighted by atomic mass is 32.2. The van der Waals surface area contributed by atoms with E-state index >= 15 is 0 Å². The Bertz CT molecular complexity index is 1530. The van der Waals surface area contributed by atoms with Crippen molar-refractivity contribution in [1.29, 1.82) is 0 Å². The fourth-order valence-corrected chi connectivity index (χ4v) is 6.62. The molecule has 0 aliphatic rings. The van der Waals surface area contributed by atoms with Crippen molar-refractivity contribution < 1.29 is 44.9 Å². The Kier molecular flexibility index (Phi) is 13.4. The van der Waals surface area contributed by atoms with Gasteiger partial charge >= 0.3 is 0 Å². The van der Waals surface area contributed by atoms with Gasteiger partial charge in [-0.25, -0.2) is 0 Å². The zero-order chi connectivity index (χ0) is 32.8. The molecule has 246 valence electrons. The molecule has 0 aliphatic heterocycles. The molecule has 4 atom stereocenters. The van der Waals surface area contributed by atoms with Crippen LogP contribution >= 0.6 is 0 Å². The van der Waals surface area contributed by atoms with Crippen molar-refractivity contribution in [3.63, 3.8) is 0 Å². The molecule has 4 aromatic rings. The molecular formula is C34H38O10S2. The van der Waals surface area contributed by atoms with E-state index in [1.54, 1.807) is 109 Å². The van der Waals surface area contributed by atoms with Crippen LogP contribution in [0.3, 0.4) is 0 Å². The summed E-state index contributed by atoms with van der Waals surface area (Å²) in [4.78, 5) is 0. The molecule has 4 rings (SSSR count). The van der Waals surface area contributed by atoms with Gasteiger partial charge in [-0.15, -0.1) is 0 Å². The molecular weight excluding hydrogens is 632 g/mol. The van der Waals surface area contributed by atoms with Crippen molar-refractivity contribution in [3.8, 4) is 0 Å². The van der Waals surface area contributed by atoms with E-state index in [2.05, 4.69) is 0 Å². The summed E-state index contributed by atoms with van der Waals surface area (Å²) in [5.74, 6) is -0.834. The normalized spacial score (nSPS) is 14.7. The Morgan fingerprint density at radius 2 is 0.739 bits per heavy atom. The standard InChI is InChI=1S/C34H38O10S2/c35-31(23-43-45(37,38)25-29-17-9-3-10-18-29)33(41-21-27-13-5-1-6-14-27)34(42-22-28-15-7-2-8-16-28)32(36)24-44-46(39,40)26-30-19-11-4-12-20-30/h1-20,31-36H,21-26H2/t31-,32-,33-,34-/m1/s1. The fraction of sp³-hybridized carbons (Fsp3) is 0.294.